The molecule has 0 heterocycles. The number of nitrogens with zero attached hydrogens (tertiary/aromatic N) is 1. The van der Waals surface area contributed by atoms with Gasteiger partial charge in [-0.2, -0.15) is 0 Å². The van der Waals surface area contributed by atoms with Gasteiger partial charge in [0, 0.05) is 18.7 Å². The van der Waals surface area contributed by atoms with Crippen LogP contribution in [0.5, 0.6) is 0 Å². The molecule has 6 heteroatoms. The maximum atomic E-state index is 12.2. The fourth-order valence-corrected chi connectivity index (χ4v) is 2.23. The topological polar surface area (TPSA) is 80.5 Å². The van der Waals surface area contributed by atoms with Crippen LogP contribution in [0, 0.1) is 6.92 Å². The van der Waals surface area contributed by atoms with E-state index in [4.69, 9.17) is 5.14 Å². The number of sulfonamides is 1. The molecule has 0 unspecified atom stereocenters. The van der Waals surface area contributed by atoms with E-state index in [-0.39, 0.29) is 10.8 Å². The number of aryl methyl sites for hydroxylation is 1. The third-order valence-electron chi connectivity index (χ3n) is 2.82. The van der Waals surface area contributed by atoms with E-state index in [0.29, 0.717) is 18.7 Å². The first-order chi connectivity index (χ1) is 8.31. The predicted molar refractivity (Wildman–Crippen MR) is 69.8 cm³/mol. The van der Waals surface area contributed by atoms with E-state index in [1.54, 1.807) is 17.9 Å². The van der Waals surface area contributed by atoms with Gasteiger partial charge in [0.2, 0.25) is 10.0 Å². The highest BCUT2D eigenvalue weighted by atomic mass is 32.2. The minimum absolute atomic E-state index is 0.0383. The van der Waals surface area contributed by atoms with Crippen molar-refractivity contribution in [2.45, 2.75) is 25.7 Å². The Morgan fingerprint density at radius 2 is 1.83 bits per heavy atom. The lowest BCUT2D eigenvalue weighted by Crippen LogP contribution is -2.31. The highest BCUT2D eigenvalue weighted by Crippen LogP contribution is 2.16. The number of primary sulfonamides is 1. The van der Waals surface area contributed by atoms with Crippen LogP contribution in [-0.2, 0) is 10.0 Å². The molecule has 0 fully saturated rings. The van der Waals surface area contributed by atoms with Gasteiger partial charge < -0.3 is 4.90 Å². The minimum Gasteiger partial charge on any atom is -0.339 e. The Bertz CT molecular complexity index is 548. The van der Waals surface area contributed by atoms with E-state index in [1.165, 1.54) is 12.1 Å². The summed E-state index contributed by atoms with van der Waals surface area (Å²) < 4.78 is 22.6. The zero-order valence-electron chi connectivity index (χ0n) is 10.8. The summed E-state index contributed by atoms with van der Waals surface area (Å²) >= 11 is 0. The maximum absolute atomic E-state index is 12.2. The zero-order valence-corrected chi connectivity index (χ0v) is 11.6. The van der Waals surface area contributed by atoms with Crippen molar-refractivity contribution < 1.29 is 13.2 Å². The summed E-state index contributed by atoms with van der Waals surface area (Å²) in [5, 5.41) is 5.06. The van der Waals surface area contributed by atoms with E-state index >= 15 is 0 Å². The molecule has 0 aliphatic carbocycles. The fraction of sp³-hybridized carbons (Fsp3) is 0.417. The van der Waals surface area contributed by atoms with Crippen LogP contribution in [-0.4, -0.2) is 32.3 Å². The van der Waals surface area contributed by atoms with Crippen molar-refractivity contribution in [2.75, 3.05) is 13.1 Å². The molecule has 1 aromatic carbocycles. The van der Waals surface area contributed by atoms with Crippen molar-refractivity contribution in [3.8, 4) is 0 Å². The van der Waals surface area contributed by atoms with Gasteiger partial charge in [0.05, 0.1) is 4.90 Å². The molecule has 0 atom stereocenters. The molecule has 0 spiro atoms. The normalized spacial score (nSPS) is 11.3. The molecule has 0 saturated heterocycles. The van der Waals surface area contributed by atoms with Crippen molar-refractivity contribution in [3.63, 3.8) is 0 Å². The first-order valence-corrected chi connectivity index (χ1v) is 7.28. The number of hydrogen-bond donors (Lipinski definition) is 1. The average molecular weight is 270 g/mol. The summed E-state index contributed by atoms with van der Waals surface area (Å²) in [6, 6.07) is 4.34. The molecule has 0 aromatic heterocycles. The Morgan fingerprint density at radius 3 is 2.28 bits per heavy atom. The van der Waals surface area contributed by atoms with Crippen LogP contribution < -0.4 is 5.14 Å². The van der Waals surface area contributed by atoms with Crippen LogP contribution in [0.25, 0.3) is 0 Å². The van der Waals surface area contributed by atoms with Gasteiger partial charge in [-0.05, 0) is 38.5 Å². The predicted octanol–water partition coefficient (Wildman–Crippen LogP) is 1.12. The average Bonchev–Trinajstić information content (AvgIpc) is 2.29. The van der Waals surface area contributed by atoms with Gasteiger partial charge in [-0.25, -0.2) is 13.6 Å². The van der Waals surface area contributed by atoms with Gasteiger partial charge >= 0.3 is 0 Å². The van der Waals surface area contributed by atoms with E-state index in [2.05, 4.69) is 0 Å². The van der Waals surface area contributed by atoms with Crippen molar-refractivity contribution in [3.05, 3.63) is 29.3 Å². The summed E-state index contributed by atoms with van der Waals surface area (Å²) in [5.41, 5.74) is 1.12. The standard InChI is InChI=1S/C12H18N2O3S/c1-4-14(5-2)12(15)11-8-10(18(13,16)17)7-6-9(11)3/h6-8H,4-5H2,1-3H3,(H2,13,16,17). The third-order valence-corrected chi connectivity index (χ3v) is 3.73. The highest BCUT2D eigenvalue weighted by Gasteiger charge is 2.18. The number of amides is 1. The Balaban J connectivity index is 3.28. The van der Waals surface area contributed by atoms with Crippen LogP contribution in [0.3, 0.4) is 0 Å². The van der Waals surface area contributed by atoms with Crippen molar-refractivity contribution in [2.24, 2.45) is 5.14 Å². The molecular formula is C12H18N2O3S. The molecule has 0 aliphatic rings. The second-order valence-corrected chi connectivity index (χ2v) is 5.56. The van der Waals surface area contributed by atoms with Crippen molar-refractivity contribution >= 4 is 15.9 Å². The third kappa shape index (κ3) is 3.08. The van der Waals surface area contributed by atoms with Crippen LogP contribution in [0.15, 0.2) is 23.1 Å². The van der Waals surface area contributed by atoms with E-state index < -0.39 is 10.0 Å². The molecule has 0 radical (unpaired) electrons. The molecule has 2 N–H and O–H groups in total. The van der Waals surface area contributed by atoms with Crippen molar-refractivity contribution in [1.82, 2.24) is 4.90 Å². The summed E-state index contributed by atoms with van der Waals surface area (Å²) in [6.07, 6.45) is 0. The van der Waals surface area contributed by atoms with Gasteiger partial charge in [0.15, 0.2) is 0 Å². The monoisotopic (exact) mass is 270 g/mol. The number of rotatable bonds is 4. The minimum atomic E-state index is -3.79. The van der Waals surface area contributed by atoms with Crippen LogP contribution in [0.1, 0.15) is 29.8 Å². The van der Waals surface area contributed by atoms with E-state index in [1.807, 2.05) is 13.8 Å². The summed E-state index contributed by atoms with van der Waals surface area (Å²) in [5.74, 6) is -0.178. The first kappa shape index (κ1) is 14.7. The largest absolute Gasteiger partial charge is 0.339 e. The molecule has 18 heavy (non-hydrogen) atoms. The van der Waals surface area contributed by atoms with E-state index in [9.17, 15) is 13.2 Å². The van der Waals surface area contributed by atoms with Gasteiger partial charge in [0.25, 0.3) is 5.91 Å². The molecule has 0 saturated carbocycles. The molecule has 0 aliphatic heterocycles. The smallest absolute Gasteiger partial charge is 0.254 e. The number of benzene rings is 1. The molecule has 1 aromatic rings. The lowest BCUT2D eigenvalue weighted by Gasteiger charge is -2.20. The zero-order chi connectivity index (χ0) is 13.9. The maximum Gasteiger partial charge on any atom is 0.254 e. The summed E-state index contributed by atoms with van der Waals surface area (Å²) in [6.45, 7) is 6.67. The van der Waals surface area contributed by atoms with Crippen LogP contribution in [0.2, 0.25) is 0 Å². The Morgan fingerprint density at radius 1 is 1.28 bits per heavy atom. The van der Waals surface area contributed by atoms with Crippen LogP contribution >= 0.6 is 0 Å². The number of hydrogen-bond acceptors (Lipinski definition) is 3. The van der Waals surface area contributed by atoms with Gasteiger partial charge in [-0.15, -0.1) is 0 Å². The molecule has 1 amide bonds. The van der Waals surface area contributed by atoms with Gasteiger partial charge in [-0.3, -0.25) is 4.79 Å². The number of carbonyl (C=O) groups is 1. The van der Waals surface area contributed by atoms with Gasteiger partial charge in [0.1, 0.15) is 0 Å². The van der Waals surface area contributed by atoms with Crippen molar-refractivity contribution in [1.29, 1.82) is 0 Å². The van der Waals surface area contributed by atoms with Crippen LogP contribution in [0.4, 0.5) is 0 Å². The highest BCUT2D eigenvalue weighted by molar-refractivity contribution is 7.89. The summed E-state index contributed by atoms with van der Waals surface area (Å²) in [7, 11) is -3.79. The quantitative estimate of drug-likeness (QED) is 0.890. The molecule has 100 valence electrons. The van der Waals surface area contributed by atoms with E-state index in [0.717, 1.165) is 5.56 Å². The Labute approximate surface area is 108 Å². The number of carbonyl (C=O) groups excluding carboxylic acids is 1. The van der Waals surface area contributed by atoms with Gasteiger partial charge in [-0.1, -0.05) is 6.07 Å². The second-order valence-electron chi connectivity index (χ2n) is 4.00. The molecule has 5 nitrogen and oxygen atoms in total. The fourth-order valence-electron chi connectivity index (χ4n) is 1.69. The Hall–Kier alpha value is -1.40. The first-order valence-electron chi connectivity index (χ1n) is 5.74. The summed E-state index contributed by atoms with van der Waals surface area (Å²) in [4.78, 5) is 13.8. The molecular weight excluding hydrogens is 252 g/mol. The molecule has 1 rings (SSSR count). The molecule has 0 bridgehead atoms. The lowest BCUT2D eigenvalue weighted by atomic mass is 10.1. The lowest BCUT2D eigenvalue weighted by molar-refractivity contribution is 0.0772. The SMILES string of the molecule is CCN(CC)C(=O)c1cc(S(N)(=O)=O)ccc1C. The second kappa shape index (κ2) is 5.49. The Kier molecular flexibility index (Phi) is 4.48. The number of nitrogens with two attached hydrogens (primary N) is 1.